The lowest BCUT2D eigenvalue weighted by Gasteiger charge is -2.18. The number of thioether (sulfide) groups is 1. The van der Waals surface area contributed by atoms with E-state index in [0.717, 1.165) is 0 Å². The third-order valence-corrected chi connectivity index (χ3v) is 2.32. The quantitative estimate of drug-likeness (QED) is 0.777. The van der Waals surface area contributed by atoms with E-state index in [1.54, 1.807) is 20.8 Å². The van der Waals surface area contributed by atoms with Crippen molar-refractivity contribution in [1.82, 2.24) is 0 Å². The molecule has 0 amide bonds. The molecule has 0 fully saturated rings. The number of carbonyl (C=O) groups excluding carboxylic acids is 1. The van der Waals surface area contributed by atoms with Crippen LogP contribution in [0.2, 0.25) is 0 Å². The number of hydrogen-bond donors (Lipinski definition) is 0. The highest BCUT2D eigenvalue weighted by atomic mass is 32.2. The molecule has 0 atom stereocenters. The Balaban J connectivity index is 2.58. The van der Waals surface area contributed by atoms with Gasteiger partial charge < -0.3 is 9.15 Å². The van der Waals surface area contributed by atoms with E-state index in [4.69, 9.17) is 9.15 Å². The maximum absolute atomic E-state index is 11.9. The molecule has 0 unspecified atom stereocenters. The largest absolute Gasteiger partial charge is 0.454 e. The number of ether oxygens (including phenoxy) is 1. The Morgan fingerprint density at radius 2 is 2.12 bits per heavy atom. The highest BCUT2D eigenvalue weighted by Crippen LogP contribution is 2.22. The lowest BCUT2D eigenvalue weighted by molar-refractivity contribution is 0.00347. The molecule has 6 heteroatoms. The van der Waals surface area contributed by atoms with Gasteiger partial charge in [-0.15, -0.1) is 0 Å². The maximum Gasteiger partial charge on any atom is 0.374 e. The van der Waals surface area contributed by atoms with Crippen LogP contribution in [-0.2, 0) is 10.5 Å². The topological polar surface area (TPSA) is 39.4 Å². The number of alkyl halides is 2. The smallest absolute Gasteiger partial charge is 0.374 e. The van der Waals surface area contributed by atoms with Gasteiger partial charge in [-0.2, -0.15) is 8.78 Å². The number of furan rings is 1. The first kappa shape index (κ1) is 14.0. The van der Waals surface area contributed by atoms with Crippen molar-refractivity contribution in [2.75, 3.05) is 0 Å². The molecule has 1 rings (SSSR count). The lowest BCUT2D eigenvalue weighted by atomic mass is 10.2. The van der Waals surface area contributed by atoms with Crippen LogP contribution in [0.5, 0.6) is 0 Å². The fraction of sp³-hybridized carbons (Fsp3) is 0.545. The minimum atomic E-state index is -2.45. The number of carbonyl (C=O) groups is 1. The first-order chi connectivity index (χ1) is 7.78. The van der Waals surface area contributed by atoms with Gasteiger partial charge in [-0.05, 0) is 32.9 Å². The van der Waals surface area contributed by atoms with Gasteiger partial charge in [0.05, 0.1) is 5.75 Å². The third-order valence-electron chi connectivity index (χ3n) is 1.61. The van der Waals surface area contributed by atoms with E-state index in [1.807, 2.05) is 0 Å². The molecule has 1 heterocycles. The SMILES string of the molecule is CC(C)(C)OC(=O)c1ccc(CSC(F)F)o1. The molecule has 96 valence electrons. The molecule has 17 heavy (non-hydrogen) atoms. The van der Waals surface area contributed by atoms with E-state index in [0.29, 0.717) is 17.5 Å². The van der Waals surface area contributed by atoms with Crippen molar-refractivity contribution in [3.63, 3.8) is 0 Å². The van der Waals surface area contributed by atoms with Gasteiger partial charge in [-0.1, -0.05) is 11.8 Å². The second-order valence-electron chi connectivity index (χ2n) is 4.34. The van der Waals surface area contributed by atoms with Crippen LogP contribution in [0.25, 0.3) is 0 Å². The van der Waals surface area contributed by atoms with Crippen molar-refractivity contribution >= 4 is 17.7 Å². The zero-order valence-electron chi connectivity index (χ0n) is 9.83. The Bertz CT molecular complexity index is 382. The van der Waals surface area contributed by atoms with Gasteiger partial charge >= 0.3 is 5.97 Å². The summed E-state index contributed by atoms with van der Waals surface area (Å²) >= 11 is 0.443. The summed E-state index contributed by atoms with van der Waals surface area (Å²) in [6.07, 6.45) is 0. The summed E-state index contributed by atoms with van der Waals surface area (Å²) in [4.78, 5) is 11.5. The number of esters is 1. The summed E-state index contributed by atoms with van der Waals surface area (Å²) in [6, 6.07) is 2.92. The van der Waals surface area contributed by atoms with Gasteiger partial charge in [0.15, 0.2) is 0 Å². The van der Waals surface area contributed by atoms with Gasteiger partial charge in [0, 0.05) is 0 Å². The van der Waals surface area contributed by atoms with Gasteiger partial charge in [-0.25, -0.2) is 4.79 Å². The molecule has 0 bridgehead atoms. The second kappa shape index (κ2) is 5.53. The predicted octanol–water partition coefficient (Wildman–Crippen LogP) is 3.69. The summed E-state index contributed by atoms with van der Waals surface area (Å²) in [6.45, 7) is 5.21. The van der Waals surface area contributed by atoms with E-state index < -0.39 is 17.3 Å². The molecule has 0 aliphatic heterocycles. The van der Waals surface area contributed by atoms with Crippen LogP contribution < -0.4 is 0 Å². The van der Waals surface area contributed by atoms with Gasteiger partial charge in [0.1, 0.15) is 11.4 Å². The summed E-state index contributed by atoms with van der Waals surface area (Å²) < 4.78 is 34.1. The van der Waals surface area contributed by atoms with Crippen molar-refractivity contribution in [3.8, 4) is 0 Å². The van der Waals surface area contributed by atoms with Crippen LogP contribution in [0.4, 0.5) is 8.78 Å². The van der Waals surface area contributed by atoms with Crippen LogP contribution in [0, 0.1) is 0 Å². The number of halogens is 2. The number of rotatable bonds is 4. The summed E-state index contributed by atoms with van der Waals surface area (Å²) in [5.74, 6) is -2.66. The normalized spacial score (nSPS) is 11.9. The highest BCUT2D eigenvalue weighted by Gasteiger charge is 2.20. The molecular weight excluding hydrogens is 250 g/mol. The third kappa shape index (κ3) is 5.21. The molecule has 3 nitrogen and oxygen atoms in total. The first-order valence-corrected chi connectivity index (χ1v) is 6.04. The molecule has 0 aliphatic rings. The van der Waals surface area contributed by atoms with Crippen molar-refractivity contribution in [1.29, 1.82) is 0 Å². The average molecular weight is 264 g/mol. The zero-order chi connectivity index (χ0) is 13.1. The van der Waals surface area contributed by atoms with Crippen LogP contribution in [0.15, 0.2) is 16.5 Å². The molecule has 1 aromatic rings. The molecule has 0 aromatic carbocycles. The highest BCUT2D eigenvalue weighted by molar-refractivity contribution is 7.98. The molecule has 1 aromatic heterocycles. The van der Waals surface area contributed by atoms with E-state index in [2.05, 4.69) is 0 Å². The van der Waals surface area contributed by atoms with Gasteiger partial charge in [-0.3, -0.25) is 0 Å². The van der Waals surface area contributed by atoms with Crippen LogP contribution in [-0.4, -0.2) is 17.3 Å². The molecule has 0 radical (unpaired) electrons. The van der Waals surface area contributed by atoms with Crippen molar-refractivity contribution in [2.45, 2.75) is 37.9 Å². The monoisotopic (exact) mass is 264 g/mol. The molecule has 0 spiro atoms. The van der Waals surface area contributed by atoms with Crippen molar-refractivity contribution in [2.24, 2.45) is 0 Å². The minimum absolute atomic E-state index is 0.0282. The first-order valence-electron chi connectivity index (χ1n) is 5.00. The standard InChI is InChI=1S/C11H14F2O3S/c1-11(2,3)16-9(14)8-5-4-7(15-8)6-17-10(12)13/h4-5,10H,6H2,1-3H3. The van der Waals surface area contributed by atoms with Crippen LogP contribution in [0.1, 0.15) is 37.1 Å². The molecular formula is C11H14F2O3S. The maximum atomic E-state index is 11.9. The van der Waals surface area contributed by atoms with Crippen molar-refractivity contribution in [3.05, 3.63) is 23.7 Å². The Labute approximate surface area is 103 Å². The molecule has 0 saturated heterocycles. The summed E-state index contributed by atoms with van der Waals surface area (Å²) in [5.41, 5.74) is -0.609. The molecule has 0 saturated carbocycles. The van der Waals surface area contributed by atoms with E-state index in [1.165, 1.54) is 12.1 Å². The summed E-state index contributed by atoms with van der Waals surface area (Å²) in [7, 11) is 0. The lowest BCUT2D eigenvalue weighted by Crippen LogP contribution is -2.23. The van der Waals surface area contributed by atoms with Gasteiger partial charge in [0.25, 0.3) is 5.76 Å². The second-order valence-corrected chi connectivity index (χ2v) is 5.32. The Morgan fingerprint density at radius 1 is 1.47 bits per heavy atom. The number of hydrogen-bond acceptors (Lipinski definition) is 4. The molecule has 0 aliphatic carbocycles. The summed E-state index contributed by atoms with van der Waals surface area (Å²) in [5, 5.41) is 0. The fourth-order valence-corrected chi connectivity index (χ4v) is 1.48. The van der Waals surface area contributed by atoms with E-state index in [9.17, 15) is 13.6 Å². The Morgan fingerprint density at radius 3 is 2.65 bits per heavy atom. The van der Waals surface area contributed by atoms with Crippen molar-refractivity contribution < 1.29 is 22.7 Å². The van der Waals surface area contributed by atoms with Crippen LogP contribution >= 0.6 is 11.8 Å². The Kier molecular flexibility index (Phi) is 4.56. The van der Waals surface area contributed by atoms with Crippen LogP contribution in [0.3, 0.4) is 0 Å². The zero-order valence-corrected chi connectivity index (χ0v) is 10.6. The minimum Gasteiger partial charge on any atom is -0.454 e. The van der Waals surface area contributed by atoms with Gasteiger partial charge in [0.2, 0.25) is 5.76 Å². The average Bonchev–Trinajstić information content (AvgIpc) is 2.60. The fourth-order valence-electron chi connectivity index (χ4n) is 1.04. The Hall–Kier alpha value is -1.04. The molecule has 0 N–H and O–H groups in total. The van der Waals surface area contributed by atoms with E-state index >= 15 is 0 Å². The van der Waals surface area contributed by atoms with E-state index in [-0.39, 0.29) is 11.5 Å². The predicted molar refractivity (Wildman–Crippen MR) is 61.2 cm³/mol.